The number of halogens is 1. The smallest absolute Gasteiger partial charge is 0.459 e. The molecule has 5 rings (SSSR count). The van der Waals surface area contributed by atoms with Crippen molar-refractivity contribution in [2.45, 2.75) is 37.6 Å². The van der Waals surface area contributed by atoms with Gasteiger partial charge < -0.3 is 30.6 Å². The van der Waals surface area contributed by atoms with Gasteiger partial charge >= 0.3 is 13.7 Å². The number of ether oxygens (including phenoxy) is 2. The first kappa shape index (κ1) is 28.9. The molecule has 14 nitrogen and oxygen atoms in total. The summed E-state index contributed by atoms with van der Waals surface area (Å²) in [6.45, 7) is -0.524. The molecule has 0 amide bonds. The molecular weight excluding hydrogens is 577 g/mol. The van der Waals surface area contributed by atoms with Gasteiger partial charge in [-0.15, -0.1) is 0 Å². The number of esters is 1. The number of fused-ring (bicyclic) bond motifs is 1. The number of rotatable bonds is 11. The van der Waals surface area contributed by atoms with Crippen LogP contribution in [-0.2, 0) is 30.0 Å². The molecule has 6 N–H and O–H groups in total. The maximum Gasteiger partial charge on any atom is 0.460 e. The van der Waals surface area contributed by atoms with Gasteiger partial charge in [-0.25, -0.2) is 14.3 Å². The molecule has 0 radical (unpaired) electrons. The van der Waals surface area contributed by atoms with Gasteiger partial charge in [0.05, 0.1) is 12.9 Å². The van der Waals surface area contributed by atoms with E-state index in [2.05, 4.69) is 20.0 Å². The number of imidazole rings is 1. The third kappa shape index (κ3) is 6.82. The number of benzene rings is 2. The van der Waals surface area contributed by atoms with Gasteiger partial charge in [-0.05, 0) is 29.3 Å². The van der Waals surface area contributed by atoms with Crippen LogP contribution >= 0.6 is 19.3 Å². The summed E-state index contributed by atoms with van der Waals surface area (Å²) in [5.74, 6) is -0.611. The number of carbonyl (C=O) groups excluding carboxylic acids is 1. The molecule has 41 heavy (non-hydrogen) atoms. The van der Waals surface area contributed by atoms with Crippen LogP contribution in [0.2, 0.25) is 5.28 Å². The lowest BCUT2D eigenvalue weighted by Crippen LogP contribution is -2.45. The van der Waals surface area contributed by atoms with Crippen molar-refractivity contribution >= 4 is 42.3 Å². The lowest BCUT2D eigenvalue weighted by Gasteiger charge is -2.26. The quantitative estimate of drug-likeness (QED) is 0.0844. The standard InChI is InChI=1S/C25H27ClN7O7P/c26-25-30-21(27)20-23(31-25)33(14-29-20)19-11-17(18(12-34)38-19)40-41(36,39-16-9-5-2-6-10-16)32-22(28)24(35)37-13-15-7-3-1-4-8-15/h1-10,14,17-19,22,34H,11-13,28H2,(H,32,36)(H2,27,30,31)/t17?,18-,19-,22+,41?/m1/s1. The molecule has 0 saturated carbocycles. The molecule has 0 aliphatic carbocycles. The second kappa shape index (κ2) is 12.5. The zero-order valence-corrected chi connectivity index (χ0v) is 23.1. The van der Waals surface area contributed by atoms with Crippen LogP contribution in [0.15, 0.2) is 67.0 Å². The Hall–Kier alpha value is -3.62. The van der Waals surface area contributed by atoms with Crippen LogP contribution in [-0.4, -0.2) is 55.6 Å². The SMILES string of the molecule is Nc1nc(Cl)nc2c1ncn2[C@H]1CC(OP(=O)(N[C@H](N)C(=O)OCc2ccccc2)Oc2ccccc2)[C@@H](CO)O1. The van der Waals surface area contributed by atoms with Crippen LogP contribution in [0, 0.1) is 0 Å². The Bertz CT molecular complexity index is 1550. The minimum Gasteiger partial charge on any atom is -0.459 e. The van der Waals surface area contributed by atoms with E-state index in [1.54, 1.807) is 59.2 Å². The second-order valence-electron chi connectivity index (χ2n) is 9.00. The van der Waals surface area contributed by atoms with Gasteiger partial charge in [0, 0.05) is 6.42 Å². The normalized spacial score (nSPS) is 20.9. The summed E-state index contributed by atoms with van der Waals surface area (Å²) in [6.07, 6.45) is -2.74. The van der Waals surface area contributed by atoms with E-state index in [1.165, 1.54) is 6.33 Å². The summed E-state index contributed by atoms with van der Waals surface area (Å²) >= 11 is 5.98. The van der Waals surface area contributed by atoms with Crippen molar-refractivity contribution in [1.29, 1.82) is 0 Å². The predicted molar refractivity (Wildman–Crippen MR) is 147 cm³/mol. The first-order valence-corrected chi connectivity index (χ1v) is 14.4. The Kier molecular flexibility index (Phi) is 8.80. The topological polar surface area (TPSA) is 199 Å². The van der Waals surface area contributed by atoms with Crippen molar-refractivity contribution in [2.24, 2.45) is 5.73 Å². The molecule has 1 fully saturated rings. The maximum atomic E-state index is 14.0. The highest BCUT2D eigenvalue weighted by Crippen LogP contribution is 2.49. The van der Waals surface area contributed by atoms with E-state index >= 15 is 0 Å². The molecule has 2 aromatic carbocycles. The minimum atomic E-state index is -4.37. The molecule has 1 saturated heterocycles. The number of nitrogen functional groups attached to an aromatic ring is 1. The summed E-state index contributed by atoms with van der Waals surface area (Å²) in [7, 11) is -4.37. The van der Waals surface area contributed by atoms with Gasteiger partial charge in [-0.2, -0.15) is 15.1 Å². The largest absolute Gasteiger partial charge is 0.460 e. The van der Waals surface area contributed by atoms with Gasteiger partial charge in [-0.1, -0.05) is 48.5 Å². The maximum absolute atomic E-state index is 14.0. The Morgan fingerprint density at radius 3 is 2.61 bits per heavy atom. The molecule has 4 aromatic rings. The monoisotopic (exact) mass is 603 g/mol. The van der Waals surface area contributed by atoms with Gasteiger partial charge in [0.1, 0.15) is 36.3 Å². The molecule has 1 aliphatic rings. The molecule has 16 heteroatoms. The molecule has 0 spiro atoms. The molecule has 3 heterocycles. The number of nitrogens with zero attached hydrogens (tertiary/aromatic N) is 4. The molecule has 2 aromatic heterocycles. The van der Waals surface area contributed by atoms with Crippen LogP contribution in [0.4, 0.5) is 5.82 Å². The number of hydrogen-bond donors (Lipinski definition) is 4. The average Bonchev–Trinajstić information content (AvgIpc) is 3.56. The Labute approximate surface area is 239 Å². The molecule has 216 valence electrons. The van der Waals surface area contributed by atoms with Gasteiger partial charge in [0.15, 0.2) is 17.6 Å². The zero-order chi connectivity index (χ0) is 29.0. The molecule has 0 bridgehead atoms. The minimum absolute atomic E-state index is 0.0402. The van der Waals surface area contributed by atoms with Crippen molar-refractivity contribution in [1.82, 2.24) is 24.6 Å². The molecule has 2 unspecified atom stereocenters. The van der Waals surface area contributed by atoms with Crippen LogP contribution < -0.4 is 21.1 Å². The fraction of sp³-hybridized carbons (Fsp3) is 0.280. The van der Waals surface area contributed by atoms with Crippen LogP contribution in [0.25, 0.3) is 11.2 Å². The van der Waals surface area contributed by atoms with Crippen molar-refractivity contribution in [2.75, 3.05) is 12.3 Å². The predicted octanol–water partition coefficient (Wildman–Crippen LogP) is 2.53. The Morgan fingerprint density at radius 2 is 1.90 bits per heavy atom. The summed E-state index contributed by atoms with van der Waals surface area (Å²) in [5.41, 5.74) is 13.3. The van der Waals surface area contributed by atoms with Gasteiger partial charge in [-0.3, -0.25) is 9.09 Å². The fourth-order valence-corrected chi connectivity index (χ4v) is 5.94. The highest BCUT2D eigenvalue weighted by atomic mass is 35.5. The Balaban J connectivity index is 1.34. The summed E-state index contributed by atoms with van der Waals surface area (Å²) < 4.78 is 38.4. The fourth-order valence-electron chi connectivity index (χ4n) is 4.19. The average molecular weight is 604 g/mol. The number of nitrogens with two attached hydrogens (primary N) is 2. The summed E-state index contributed by atoms with van der Waals surface area (Å²) in [5, 5.41) is 12.4. The van der Waals surface area contributed by atoms with Gasteiger partial charge in [0.2, 0.25) is 5.28 Å². The first-order valence-electron chi connectivity index (χ1n) is 12.4. The third-order valence-corrected chi connectivity index (χ3v) is 7.87. The van der Waals surface area contributed by atoms with E-state index in [4.69, 9.17) is 41.6 Å². The van der Waals surface area contributed by atoms with Crippen molar-refractivity contribution in [3.8, 4) is 5.75 Å². The Morgan fingerprint density at radius 1 is 1.20 bits per heavy atom. The first-order chi connectivity index (χ1) is 19.7. The second-order valence-corrected chi connectivity index (χ2v) is 11.0. The van der Waals surface area contributed by atoms with Crippen molar-refractivity contribution < 1.29 is 33.0 Å². The highest BCUT2D eigenvalue weighted by molar-refractivity contribution is 7.52. The number of aliphatic hydroxyl groups is 1. The number of carbonyl (C=O) groups is 1. The number of aliphatic hydroxyl groups excluding tert-OH is 1. The number of aromatic nitrogens is 4. The number of nitrogens with one attached hydrogen (secondary N) is 1. The van der Waals surface area contributed by atoms with Gasteiger partial charge in [0.25, 0.3) is 0 Å². The van der Waals surface area contributed by atoms with E-state index < -0.39 is 44.9 Å². The highest BCUT2D eigenvalue weighted by Gasteiger charge is 2.44. The van der Waals surface area contributed by atoms with E-state index in [9.17, 15) is 14.5 Å². The third-order valence-electron chi connectivity index (χ3n) is 6.11. The summed E-state index contributed by atoms with van der Waals surface area (Å²) in [4.78, 5) is 24.9. The lowest BCUT2D eigenvalue weighted by molar-refractivity contribution is -0.147. The number of anilines is 1. The van der Waals surface area contributed by atoms with Crippen LogP contribution in [0.5, 0.6) is 5.75 Å². The zero-order valence-electron chi connectivity index (χ0n) is 21.4. The molecule has 1 aliphatic heterocycles. The van der Waals surface area contributed by atoms with Crippen molar-refractivity contribution in [3.63, 3.8) is 0 Å². The van der Waals surface area contributed by atoms with E-state index in [-0.39, 0.29) is 29.9 Å². The molecule has 5 atom stereocenters. The van der Waals surface area contributed by atoms with E-state index in [0.717, 1.165) is 5.56 Å². The van der Waals surface area contributed by atoms with Crippen LogP contribution in [0.1, 0.15) is 18.2 Å². The number of para-hydroxylation sites is 1. The van der Waals surface area contributed by atoms with E-state index in [0.29, 0.717) is 11.2 Å². The van der Waals surface area contributed by atoms with Crippen molar-refractivity contribution in [3.05, 3.63) is 77.8 Å². The number of hydrogen-bond acceptors (Lipinski definition) is 12. The lowest BCUT2D eigenvalue weighted by atomic mass is 10.2. The van der Waals surface area contributed by atoms with E-state index in [1.807, 2.05) is 6.07 Å². The van der Waals surface area contributed by atoms with Crippen LogP contribution in [0.3, 0.4) is 0 Å². The molecular formula is C25H27ClN7O7P. The summed E-state index contributed by atoms with van der Waals surface area (Å²) in [6, 6.07) is 17.2.